The molecule has 0 radical (unpaired) electrons. The van der Waals surface area contributed by atoms with Gasteiger partial charge in [0.2, 0.25) is 23.6 Å². The van der Waals surface area contributed by atoms with Crippen LogP contribution in [-0.2, 0) is 62.0 Å². The molecule has 4 aliphatic heterocycles. The minimum Gasteiger partial charge on any atom is -0.464 e. The number of benzene rings is 2. The Morgan fingerprint density at radius 3 is 1.51 bits per heavy atom. The van der Waals surface area contributed by atoms with Crippen molar-refractivity contribution in [1.29, 1.82) is 0 Å². The van der Waals surface area contributed by atoms with Crippen molar-refractivity contribution in [2.24, 2.45) is 11.8 Å². The van der Waals surface area contributed by atoms with Crippen LogP contribution >= 0.6 is 31.9 Å². The number of amides is 6. The number of aromatic nitrogens is 6. The Hall–Kier alpha value is -7.05. The Labute approximate surface area is 613 Å². The van der Waals surface area contributed by atoms with Gasteiger partial charge in [0, 0.05) is 46.7 Å². The lowest BCUT2D eigenvalue weighted by Gasteiger charge is -2.30. The van der Waals surface area contributed by atoms with Crippen LogP contribution in [0, 0.1) is 39.5 Å². The van der Waals surface area contributed by atoms with Gasteiger partial charge >= 0.3 is 24.1 Å². The highest BCUT2D eigenvalue weighted by atomic mass is 79.9. The number of esters is 2. The summed E-state index contributed by atoms with van der Waals surface area (Å²) in [4.78, 5) is 112. The second-order valence-corrected chi connectivity index (χ2v) is 31.2. The lowest BCUT2D eigenvalue weighted by molar-refractivity contribution is -0.150. The fraction of sp³-hybridized carbons (Fsp3) is 0.662. The molecule has 2 aromatic carbocycles. The summed E-state index contributed by atoms with van der Waals surface area (Å²) < 4.78 is 52.3. The second kappa shape index (κ2) is 35.9. The zero-order valence-electron chi connectivity index (χ0n) is 57.7. The maximum absolute atomic E-state index is 14.3. The number of aromatic amines is 1. The highest BCUT2D eigenvalue weighted by Crippen LogP contribution is 2.48. The van der Waals surface area contributed by atoms with Crippen molar-refractivity contribution in [2.45, 2.75) is 261 Å². The monoisotopic (exact) mass is 1560 g/mol. The number of aryl methyl sites for hydroxylation is 2. The van der Waals surface area contributed by atoms with Gasteiger partial charge < -0.3 is 50.0 Å². The van der Waals surface area contributed by atoms with Gasteiger partial charge in [0.15, 0.2) is 0 Å². The summed E-state index contributed by atoms with van der Waals surface area (Å²) in [6, 6.07) is -0.470. The number of carbonyl (C=O) groups is 8. The van der Waals surface area contributed by atoms with Crippen LogP contribution in [0.5, 0.6) is 0 Å². The van der Waals surface area contributed by atoms with Gasteiger partial charge in [-0.25, -0.2) is 19.2 Å². The minimum atomic E-state index is -3.87. The Kier molecular flexibility index (Phi) is 30.7. The number of carbonyl (C=O) groups excluding carboxylic acids is 8. The van der Waals surface area contributed by atoms with Gasteiger partial charge in [-0.1, -0.05) is 112 Å². The van der Waals surface area contributed by atoms with Crippen molar-refractivity contribution in [2.75, 3.05) is 32.6 Å². The van der Waals surface area contributed by atoms with Crippen LogP contribution in [0.1, 0.15) is 203 Å². The molecule has 10 rings (SSSR count). The van der Waals surface area contributed by atoms with Crippen LogP contribution < -0.4 is 21.3 Å². The lowest BCUT2D eigenvalue weighted by atomic mass is 10.0. The van der Waals surface area contributed by atoms with E-state index in [2.05, 4.69) is 75.5 Å². The molecule has 2 saturated heterocycles. The molecule has 10 atom stereocenters. The van der Waals surface area contributed by atoms with E-state index in [1.807, 2.05) is 57.2 Å². The molecule has 6 amide bonds. The topological polar surface area (TPSA) is 344 Å². The molecule has 0 bridgehead atoms. The molecule has 4 aromatic rings. The molecule has 0 spiro atoms. The molecule has 2 saturated carbocycles. The predicted octanol–water partition coefficient (Wildman–Crippen LogP) is 11.5. The zero-order chi connectivity index (χ0) is 71.1. The molecule has 2 aliphatic carbocycles. The molecule has 101 heavy (non-hydrogen) atoms. The van der Waals surface area contributed by atoms with Gasteiger partial charge in [0.05, 0.1) is 31.6 Å². The third-order valence-electron chi connectivity index (χ3n) is 18.1. The standard InChI is InChI=1S/C33H45BrN6O6.C26H41N3O9S.C8H8BrN3.4CH4/c1-7-45-30(43)33-17-21(33)13-11-9-8-10-12-14-24(35-31(44)46-32(4,5)6)29(42)39-18-22(15-26(39)28(41)36-33)40-37-25-16-23(34)19(2)20(3)27(25)38-40;1-6-36-23(32)26-15-17(26)12-10-8-7-9-11-13-19(27-24(33)37-25(2,3)4)22(31)29-16-18(38-39(5,34)35)14-20(29)21(30)28-26;1-4-5(2)8-7(3-6(4)9)10-12-11-8;;;;/h11,13,16,21-22,24,26H,7-10,12,14-15,17-18H2,1-6H3,(H,35,44)(H,36,41);10,12,17-20H,6-9,11,13-16H2,1-5H3,(H,27,33)(H,28,30);3H,1-2H3,(H,10,11,12);4*1H4/b13-11-;12-10-;;;;;/t21-,22?,24+,26+,33-;17-,18?,19+,20+,26-;;;;;/m11...../s1. The van der Waals surface area contributed by atoms with Crippen LogP contribution in [0.4, 0.5) is 9.59 Å². The first-order valence-corrected chi connectivity index (χ1v) is 36.8. The van der Waals surface area contributed by atoms with E-state index in [1.54, 1.807) is 60.2 Å². The second-order valence-electron chi connectivity index (χ2n) is 27.9. The average Bonchev–Trinajstić information content (AvgIpc) is 1.58. The van der Waals surface area contributed by atoms with Crippen LogP contribution in [0.15, 0.2) is 45.4 Å². The van der Waals surface area contributed by atoms with Crippen molar-refractivity contribution in [3.63, 3.8) is 0 Å². The molecule has 5 N–H and O–H groups in total. The Bertz CT molecular complexity index is 3790. The summed E-state index contributed by atoms with van der Waals surface area (Å²) >= 11 is 7.07. The van der Waals surface area contributed by atoms with Crippen LogP contribution in [-0.4, -0.2) is 181 Å². The molecular weight excluding hydrogens is 1450 g/mol. The lowest BCUT2D eigenvalue weighted by Crippen LogP contribution is -2.56. The van der Waals surface area contributed by atoms with Crippen molar-refractivity contribution in [3.8, 4) is 0 Å². The third kappa shape index (κ3) is 21.8. The molecule has 27 nitrogen and oxygen atoms in total. The Balaban J connectivity index is 0.000000357. The summed E-state index contributed by atoms with van der Waals surface area (Å²) in [5, 5.41) is 31.5. The molecule has 4 fully saturated rings. The predicted molar refractivity (Wildman–Crippen MR) is 394 cm³/mol. The molecule has 6 aliphatic rings. The fourth-order valence-electron chi connectivity index (χ4n) is 12.7. The third-order valence-corrected chi connectivity index (χ3v) is 20.4. The first kappa shape index (κ1) is 86.4. The number of fused-ring (bicyclic) bond motifs is 6. The number of allylic oxidation sites excluding steroid dienone is 2. The first-order chi connectivity index (χ1) is 45.6. The van der Waals surface area contributed by atoms with Gasteiger partial charge in [-0.05, 0) is 169 Å². The largest absolute Gasteiger partial charge is 0.464 e. The molecular formula is C71H110Br2N12O15S. The Morgan fingerprint density at radius 2 is 1.06 bits per heavy atom. The van der Waals surface area contributed by atoms with E-state index < -0.39 is 111 Å². The zero-order valence-corrected chi connectivity index (χ0v) is 61.7. The Morgan fingerprint density at radius 1 is 0.614 bits per heavy atom. The van der Waals surface area contributed by atoms with Gasteiger partial charge in [-0.15, -0.1) is 0 Å². The number of hydrogen-bond donors (Lipinski definition) is 5. The number of rotatable bonds is 9. The number of ether oxygens (including phenoxy) is 4. The van der Waals surface area contributed by atoms with E-state index in [0.717, 1.165) is 81.4 Å². The summed E-state index contributed by atoms with van der Waals surface area (Å²) in [5.41, 5.74) is 3.79. The highest BCUT2D eigenvalue weighted by Gasteiger charge is 2.63. The van der Waals surface area contributed by atoms with Crippen molar-refractivity contribution in [3.05, 3.63) is 67.6 Å². The average molecular weight is 1560 g/mol. The molecule has 2 unspecified atom stereocenters. The smallest absolute Gasteiger partial charge is 0.408 e. The van der Waals surface area contributed by atoms with Crippen LogP contribution in [0.2, 0.25) is 0 Å². The van der Waals surface area contributed by atoms with E-state index in [-0.39, 0.29) is 86.6 Å². The maximum atomic E-state index is 14.3. The van der Waals surface area contributed by atoms with Crippen molar-refractivity contribution < 1.29 is 69.9 Å². The molecule has 30 heteroatoms. The van der Waals surface area contributed by atoms with E-state index in [1.165, 1.54) is 20.9 Å². The fourth-order valence-corrected chi connectivity index (χ4v) is 14.3. The highest BCUT2D eigenvalue weighted by molar-refractivity contribution is 9.10. The van der Waals surface area contributed by atoms with Gasteiger partial charge in [-0.2, -0.15) is 38.8 Å². The normalized spacial score (nSPS) is 26.0. The molecule has 6 heterocycles. The molecule has 564 valence electrons. The molecule has 2 aromatic heterocycles. The minimum absolute atomic E-state index is 0. The maximum Gasteiger partial charge on any atom is 0.408 e. The van der Waals surface area contributed by atoms with Gasteiger partial charge in [0.25, 0.3) is 10.1 Å². The van der Waals surface area contributed by atoms with Gasteiger partial charge in [-0.3, -0.25) is 23.4 Å². The van der Waals surface area contributed by atoms with E-state index in [0.29, 0.717) is 44.0 Å². The number of alkyl carbamates (subject to hydrolysis) is 2. The number of hydrogen-bond acceptors (Lipinski definition) is 19. The number of nitrogens with one attached hydrogen (secondary N) is 5. The SMILES string of the molecule is C.C.C.C.CCOC(=O)[C@@]12C[C@H]1/C=C\CCCCC[C@H](NC(=O)OC(C)(C)C)C(=O)N1CC(OS(C)(=O)=O)C[C@H]1C(=O)N2.CCOC(=O)[C@@]12C[C@H]1/C=C\CCCCC[C@H](NC(=O)OC(C)(C)C)C(=O)N1CC(n3nc4cc(Br)c(C)c(C)c4n3)C[C@H]1C(=O)N2.Cc1c(Br)cc2n[nH]nc2c1C. The number of nitrogens with zero attached hydrogens (tertiary/aromatic N) is 7. The van der Waals surface area contributed by atoms with Gasteiger partial charge in [0.1, 0.15) is 68.5 Å². The number of halogens is 2. The summed E-state index contributed by atoms with van der Waals surface area (Å²) in [5.74, 6) is -3.46. The quantitative estimate of drug-likeness (QED) is 0.0450. The first-order valence-electron chi connectivity index (χ1n) is 33.4. The van der Waals surface area contributed by atoms with E-state index in [4.69, 9.17) is 33.3 Å². The summed E-state index contributed by atoms with van der Waals surface area (Å²) in [7, 11) is -3.87. The van der Waals surface area contributed by atoms with E-state index in [9.17, 15) is 46.8 Å². The van der Waals surface area contributed by atoms with Crippen molar-refractivity contribution in [1.82, 2.24) is 61.5 Å². The van der Waals surface area contributed by atoms with Crippen molar-refractivity contribution >= 4 is 112 Å². The van der Waals surface area contributed by atoms with Crippen LogP contribution in [0.25, 0.3) is 22.1 Å². The number of H-pyrrole nitrogens is 1. The summed E-state index contributed by atoms with van der Waals surface area (Å²) in [6.07, 6.45) is 14.3. The van der Waals surface area contributed by atoms with E-state index >= 15 is 0 Å². The van der Waals surface area contributed by atoms with Crippen LogP contribution in [0.3, 0.4) is 0 Å². The summed E-state index contributed by atoms with van der Waals surface area (Å²) in [6.45, 7) is 22.2.